The second kappa shape index (κ2) is 6.04. The smallest absolute Gasteiger partial charge is 0.0641 e. The molecule has 0 atom stereocenters. The summed E-state index contributed by atoms with van der Waals surface area (Å²) in [6.07, 6.45) is 1.14. The van der Waals surface area contributed by atoms with Crippen molar-refractivity contribution in [3.8, 4) is 0 Å². The molecular formula is C13H25N3. The summed E-state index contributed by atoms with van der Waals surface area (Å²) >= 11 is 0. The van der Waals surface area contributed by atoms with E-state index in [4.69, 9.17) is 0 Å². The number of nitrogens with one attached hydrogen (secondary N) is 1. The van der Waals surface area contributed by atoms with Crippen LogP contribution in [0.25, 0.3) is 0 Å². The molecular weight excluding hydrogens is 198 g/mol. The first-order valence-electron chi connectivity index (χ1n) is 6.29. The van der Waals surface area contributed by atoms with Crippen LogP contribution in [-0.4, -0.2) is 16.3 Å². The van der Waals surface area contributed by atoms with Crippen LogP contribution in [0.3, 0.4) is 0 Å². The lowest BCUT2D eigenvalue weighted by Gasteiger charge is -2.08. The van der Waals surface area contributed by atoms with E-state index in [-0.39, 0.29) is 0 Å². The lowest BCUT2D eigenvalue weighted by atomic mass is 10.2. The van der Waals surface area contributed by atoms with Crippen LogP contribution in [0.5, 0.6) is 0 Å². The quantitative estimate of drug-likeness (QED) is 0.803. The van der Waals surface area contributed by atoms with E-state index in [1.807, 2.05) is 0 Å². The molecule has 92 valence electrons. The highest BCUT2D eigenvalue weighted by Crippen LogP contribution is 2.13. The summed E-state index contributed by atoms with van der Waals surface area (Å²) in [6.45, 7) is 14.0. The molecule has 16 heavy (non-hydrogen) atoms. The third-order valence-corrected chi connectivity index (χ3v) is 2.82. The zero-order valence-electron chi connectivity index (χ0n) is 11.3. The maximum atomic E-state index is 4.57. The van der Waals surface area contributed by atoms with E-state index in [2.05, 4.69) is 49.7 Å². The molecule has 1 aromatic rings. The average molecular weight is 223 g/mol. The first kappa shape index (κ1) is 13.2. The molecule has 1 rings (SSSR count). The zero-order valence-corrected chi connectivity index (χ0v) is 11.3. The van der Waals surface area contributed by atoms with Crippen molar-refractivity contribution < 1.29 is 0 Å². The molecule has 0 aliphatic carbocycles. The van der Waals surface area contributed by atoms with Gasteiger partial charge in [0.1, 0.15) is 0 Å². The van der Waals surface area contributed by atoms with Crippen LogP contribution < -0.4 is 5.32 Å². The Bertz CT molecular complexity index is 326. The summed E-state index contributed by atoms with van der Waals surface area (Å²) in [5.74, 6) is 0.700. The molecule has 0 unspecified atom stereocenters. The monoisotopic (exact) mass is 223 g/mol. The summed E-state index contributed by atoms with van der Waals surface area (Å²) in [5, 5.41) is 8.06. The Morgan fingerprint density at radius 3 is 2.56 bits per heavy atom. The molecule has 0 radical (unpaired) electrons. The number of hydrogen-bond donors (Lipinski definition) is 1. The van der Waals surface area contributed by atoms with Crippen LogP contribution in [0.2, 0.25) is 0 Å². The normalized spacial score (nSPS) is 11.4. The van der Waals surface area contributed by atoms with Gasteiger partial charge in [0.15, 0.2) is 0 Å². The van der Waals surface area contributed by atoms with Gasteiger partial charge in [-0.2, -0.15) is 5.10 Å². The molecule has 0 aliphatic rings. The van der Waals surface area contributed by atoms with Gasteiger partial charge in [-0.25, -0.2) is 0 Å². The van der Waals surface area contributed by atoms with Gasteiger partial charge in [-0.05, 0) is 32.7 Å². The van der Waals surface area contributed by atoms with Crippen LogP contribution in [0.1, 0.15) is 44.1 Å². The minimum absolute atomic E-state index is 0.700. The van der Waals surface area contributed by atoms with E-state index in [0.717, 1.165) is 26.1 Å². The highest BCUT2D eigenvalue weighted by atomic mass is 15.3. The Morgan fingerprint density at radius 2 is 2.00 bits per heavy atom. The lowest BCUT2D eigenvalue weighted by Crippen LogP contribution is -2.19. The van der Waals surface area contributed by atoms with Gasteiger partial charge in [-0.3, -0.25) is 4.68 Å². The molecule has 1 aromatic heterocycles. The predicted molar refractivity (Wildman–Crippen MR) is 68.5 cm³/mol. The molecule has 0 aromatic carbocycles. The van der Waals surface area contributed by atoms with E-state index < -0.39 is 0 Å². The fraction of sp³-hybridized carbons (Fsp3) is 0.769. The van der Waals surface area contributed by atoms with Crippen molar-refractivity contribution in [2.45, 2.75) is 54.1 Å². The fourth-order valence-corrected chi connectivity index (χ4v) is 1.91. The Balaban J connectivity index is 2.64. The molecule has 0 amide bonds. The maximum absolute atomic E-state index is 4.57. The number of aryl methyl sites for hydroxylation is 2. The van der Waals surface area contributed by atoms with Gasteiger partial charge in [-0.1, -0.05) is 20.8 Å². The summed E-state index contributed by atoms with van der Waals surface area (Å²) in [7, 11) is 0. The summed E-state index contributed by atoms with van der Waals surface area (Å²) in [5.41, 5.74) is 3.85. The van der Waals surface area contributed by atoms with Crippen molar-refractivity contribution in [1.82, 2.24) is 15.1 Å². The third kappa shape index (κ3) is 3.34. The maximum Gasteiger partial charge on any atom is 0.0641 e. The molecule has 1 heterocycles. The topological polar surface area (TPSA) is 29.9 Å². The molecule has 0 saturated carbocycles. The molecule has 0 fully saturated rings. The Morgan fingerprint density at radius 1 is 1.31 bits per heavy atom. The summed E-state index contributed by atoms with van der Waals surface area (Å²) in [4.78, 5) is 0. The molecule has 3 nitrogen and oxygen atoms in total. The minimum atomic E-state index is 0.700. The summed E-state index contributed by atoms with van der Waals surface area (Å²) in [6, 6.07) is 0. The second-order valence-corrected chi connectivity index (χ2v) is 4.90. The number of hydrogen-bond acceptors (Lipinski definition) is 2. The van der Waals surface area contributed by atoms with Crippen molar-refractivity contribution in [1.29, 1.82) is 0 Å². The standard InChI is InChI=1S/C13H25N3/c1-6-7-16-12(5)13(11(4)15-16)9-14-8-10(2)3/h10,14H,6-9H2,1-5H3. The van der Waals surface area contributed by atoms with E-state index >= 15 is 0 Å². The first-order chi connectivity index (χ1) is 7.56. The van der Waals surface area contributed by atoms with Crippen molar-refractivity contribution in [2.75, 3.05) is 6.54 Å². The van der Waals surface area contributed by atoms with E-state index in [0.29, 0.717) is 5.92 Å². The highest BCUT2D eigenvalue weighted by Gasteiger charge is 2.10. The van der Waals surface area contributed by atoms with Crippen LogP contribution in [0, 0.1) is 19.8 Å². The third-order valence-electron chi connectivity index (χ3n) is 2.82. The fourth-order valence-electron chi connectivity index (χ4n) is 1.91. The van der Waals surface area contributed by atoms with Crippen LogP contribution in [0.15, 0.2) is 0 Å². The highest BCUT2D eigenvalue weighted by molar-refractivity contribution is 5.24. The van der Waals surface area contributed by atoms with Crippen LogP contribution in [0.4, 0.5) is 0 Å². The summed E-state index contributed by atoms with van der Waals surface area (Å²) < 4.78 is 2.13. The largest absolute Gasteiger partial charge is 0.312 e. The Labute approximate surface area is 99.2 Å². The van der Waals surface area contributed by atoms with Crippen molar-refractivity contribution in [2.24, 2.45) is 5.92 Å². The number of nitrogens with zero attached hydrogens (tertiary/aromatic N) is 2. The Kier molecular flexibility index (Phi) is 5.00. The number of aromatic nitrogens is 2. The molecule has 0 spiro atoms. The lowest BCUT2D eigenvalue weighted by molar-refractivity contribution is 0.548. The Hall–Kier alpha value is -0.830. The van der Waals surface area contributed by atoms with Crippen molar-refractivity contribution >= 4 is 0 Å². The van der Waals surface area contributed by atoms with Gasteiger partial charge in [0, 0.05) is 24.3 Å². The van der Waals surface area contributed by atoms with E-state index in [1.165, 1.54) is 17.0 Å². The van der Waals surface area contributed by atoms with E-state index in [9.17, 15) is 0 Å². The van der Waals surface area contributed by atoms with Gasteiger partial charge in [0.2, 0.25) is 0 Å². The molecule has 3 heteroatoms. The molecule has 0 aliphatic heterocycles. The van der Waals surface area contributed by atoms with Crippen LogP contribution >= 0.6 is 0 Å². The average Bonchev–Trinajstić information content (AvgIpc) is 2.45. The van der Waals surface area contributed by atoms with Crippen LogP contribution in [-0.2, 0) is 13.1 Å². The van der Waals surface area contributed by atoms with E-state index in [1.54, 1.807) is 0 Å². The SMILES string of the molecule is CCCn1nc(C)c(CNCC(C)C)c1C. The van der Waals surface area contributed by atoms with Crippen molar-refractivity contribution in [3.63, 3.8) is 0 Å². The second-order valence-electron chi connectivity index (χ2n) is 4.90. The van der Waals surface area contributed by atoms with Gasteiger partial charge in [0.05, 0.1) is 5.69 Å². The van der Waals surface area contributed by atoms with Gasteiger partial charge >= 0.3 is 0 Å². The molecule has 0 bridgehead atoms. The molecule has 1 N–H and O–H groups in total. The first-order valence-corrected chi connectivity index (χ1v) is 6.29. The van der Waals surface area contributed by atoms with Gasteiger partial charge in [0.25, 0.3) is 0 Å². The molecule has 0 saturated heterocycles. The number of rotatable bonds is 6. The zero-order chi connectivity index (χ0) is 12.1. The predicted octanol–water partition coefficient (Wildman–Crippen LogP) is 2.66. The van der Waals surface area contributed by atoms with Gasteiger partial charge < -0.3 is 5.32 Å². The van der Waals surface area contributed by atoms with Gasteiger partial charge in [-0.15, -0.1) is 0 Å². The van der Waals surface area contributed by atoms with Crippen molar-refractivity contribution in [3.05, 3.63) is 17.0 Å². The minimum Gasteiger partial charge on any atom is -0.312 e.